The van der Waals surface area contributed by atoms with Crippen molar-refractivity contribution in [3.63, 3.8) is 0 Å². The fraction of sp³-hybridized carbons (Fsp3) is 0.571. The Bertz CT molecular complexity index is 344. The van der Waals surface area contributed by atoms with Gasteiger partial charge in [0.2, 0.25) is 0 Å². The lowest BCUT2D eigenvalue weighted by molar-refractivity contribution is 0.0916. The van der Waals surface area contributed by atoms with Crippen molar-refractivity contribution >= 4 is 0 Å². The van der Waals surface area contributed by atoms with Crippen LogP contribution in [0.3, 0.4) is 0 Å². The summed E-state index contributed by atoms with van der Waals surface area (Å²) in [5.41, 5.74) is 0.796. The first-order chi connectivity index (χ1) is 8.15. The van der Waals surface area contributed by atoms with Crippen molar-refractivity contribution in [3.8, 4) is 0 Å². The third kappa shape index (κ3) is 3.51. The van der Waals surface area contributed by atoms with Gasteiger partial charge in [-0.2, -0.15) is 0 Å². The summed E-state index contributed by atoms with van der Waals surface area (Å²) < 4.78 is 12.8. The van der Waals surface area contributed by atoms with Gasteiger partial charge in [0.15, 0.2) is 0 Å². The zero-order chi connectivity index (χ0) is 12.3. The number of nitrogens with zero attached hydrogens (tertiary/aromatic N) is 1. The van der Waals surface area contributed by atoms with E-state index in [1.54, 1.807) is 12.1 Å². The molecule has 0 spiro atoms. The van der Waals surface area contributed by atoms with E-state index in [-0.39, 0.29) is 5.82 Å². The van der Waals surface area contributed by atoms with Crippen molar-refractivity contribution in [2.45, 2.75) is 25.9 Å². The predicted octanol–water partition coefficient (Wildman–Crippen LogP) is 2.59. The molecule has 0 amide bonds. The van der Waals surface area contributed by atoms with Crippen LogP contribution in [0.15, 0.2) is 24.3 Å². The SMILES string of the molecule is CC1CCN(C[C@H](O)c2ccc(F)cc2)CC1. The molecular weight excluding hydrogens is 217 g/mol. The molecule has 1 fully saturated rings. The lowest BCUT2D eigenvalue weighted by Crippen LogP contribution is -2.35. The first-order valence-corrected chi connectivity index (χ1v) is 6.31. The maximum Gasteiger partial charge on any atom is 0.123 e. The number of aliphatic hydroxyl groups is 1. The van der Waals surface area contributed by atoms with Crippen molar-refractivity contribution in [1.29, 1.82) is 0 Å². The van der Waals surface area contributed by atoms with Gasteiger partial charge in [-0.05, 0) is 49.5 Å². The molecule has 0 unspecified atom stereocenters. The highest BCUT2D eigenvalue weighted by Gasteiger charge is 2.18. The van der Waals surface area contributed by atoms with Gasteiger partial charge in [0.05, 0.1) is 6.10 Å². The average molecular weight is 237 g/mol. The Hall–Kier alpha value is -0.930. The molecule has 0 aliphatic carbocycles. The quantitative estimate of drug-likeness (QED) is 0.873. The zero-order valence-electron chi connectivity index (χ0n) is 10.3. The molecule has 1 aliphatic rings. The maximum atomic E-state index is 12.8. The van der Waals surface area contributed by atoms with Crippen molar-refractivity contribution in [3.05, 3.63) is 35.6 Å². The minimum absolute atomic E-state index is 0.257. The number of piperidine rings is 1. The Kier molecular flexibility index (Phi) is 4.13. The normalized spacial score (nSPS) is 20.4. The summed E-state index contributed by atoms with van der Waals surface area (Å²) in [6, 6.07) is 6.12. The molecule has 0 aromatic heterocycles. The van der Waals surface area contributed by atoms with E-state index in [4.69, 9.17) is 0 Å². The van der Waals surface area contributed by atoms with Gasteiger partial charge in [-0.25, -0.2) is 4.39 Å². The Morgan fingerprint density at radius 2 is 1.88 bits per heavy atom. The van der Waals surface area contributed by atoms with Crippen LogP contribution in [-0.2, 0) is 0 Å². The Morgan fingerprint density at radius 3 is 2.47 bits per heavy atom. The molecule has 94 valence electrons. The fourth-order valence-electron chi connectivity index (χ4n) is 2.28. The van der Waals surface area contributed by atoms with Crippen molar-refractivity contribution in [2.24, 2.45) is 5.92 Å². The van der Waals surface area contributed by atoms with Crippen LogP contribution in [0.1, 0.15) is 31.4 Å². The van der Waals surface area contributed by atoms with Crippen molar-refractivity contribution in [1.82, 2.24) is 4.90 Å². The summed E-state index contributed by atoms with van der Waals surface area (Å²) in [4.78, 5) is 2.29. The molecule has 0 bridgehead atoms. The van der Waals surface area contributed by atoms with E-state index in [1.807, 2.05) is 0 Å². The minimum Gasteiger partial charge on any atom is -0.387 e. The number of aliphatic hydroxyl groups excluding tert-OH is 1. The molecule has 0 saturated carbocycles. The third-order valence-corrected chi connectivity index (χ3v) is 3.56. The second-order valence-corrected chi connectivity index (χ2v) is 5.05. The van der Waals surface area contributed by atoms with E-state index in [0.717, 1.165) is 24.6 Å². The van der Waals surface area contributed by atoms with Gasteiger partial charge in [0.1, 0.15) is 5.82 Å². The number of likely N-dealkylation sites (tertiary alicyclic amines) is 1. The molecule has 0 radical (unpaired) electrons. The zero-order valence-corrected chi connectivity index (χ0v) is 10.3. The van der Waals surface area contributed by atoms with E-state index in [9.17, 15) is 9.50 Å². The lowest BCUT2D eigenvalue weighted by atomic mass is 9.98. The van der Waals surface area contributed by atoms with Crippen LogP contribution in [0.25, 0.3) is 0 Å². The molecule has 1 heterocycles. The van der Waals surface area contributed by atoms with Gasteiger partial charge in [-0.15, -0.1) is 0 Å². The van der Waals surface area contributed by atoms with Gasteiger partial charge < -0.3 is 10.0 Å². The van der Waals surface area contributed by atoms with Crippen LogP contribution in [0.2, 0.25) is 0 Å². The molecule has 1 aromatic carbocycles. The van der Waals surface area contributed by atoms with Crippen LogP contribution >= 0.6 is 0 Å². The number of halogens is 1. The molecule has 1 aliphatic heterocycles. The summed E-state index contributed by atoms with van der Waals surface area (Å²) in [6.07, 6.45) is 1.90. The monoisotopic (exact) mass is 237 g/mol. The highest BCUT2D eigenvalue weighted by Crippen LogP contribution is 2.20. The number of hydrogen-bond acceptors (Lipinski definition) is 2. The molecule has 2 rings (SSSR count). The van der Waals surface area contributed by atoms with Gasteiger partial charge in [-0.3, -0.25) is 0 Å². The maximum absolute atomic E-state index is 12.8. The molecule has 1 N–H and O–H groups in total. The summed E-state index contributed by atoms with van der Waals surface area (Å²) in [5, 5.41) is 10.1. The largest absolute Gasteiger partial charge is 0.387 e. The first kappa shape index (κ1) is 12.5. The highest BCUT2D eigenvalue weighted by molar-refractivity contribution is 5.18. The lowest BCUT2D eigenvalue weighted by Gasteiger charge is -2.31. The van der Waals surface area contributed by atoms with Gasteiger partial charge in [0, 0.05) is 6.54 Å². The number of β-amino-alcohol motifs (C(OH)–C–C–N with tert-alkyl or cyclic N) is 1. The van der Waals surface area contributed by atoms with Gasteiger partial charge in [-0.1, -0.05) is 19.1 Å². The van der Waals surface area contributed by atoms with Crippen LogP contribution in [0.5, 0.6) is 0 Å². The van der Waals surface area contributed by atoms with Crippen molar-refractivity contribution < 1.29 is 9.50 Å². The second-order valence-electron chi connectivity index (χ2n) is 5.05. The van der Waals surface area contributed by atoms with Crippen LogP contribution in [-0.4, -0.2) is 29.6 Å². The Balaban J connectivity index is 1.88. The molecule has 3 heteroatoms. The summed E-state index contributed by atoms with van der Waals surface area (Å²) in [5.74, 6) is 0.543. The highest BCUT2D eigenvalue weighted by atomic mass is 19.1. The minimum atomic E-state index is -0.510. The summed E-state index contributed by atoms with van der Waals surface area (Å²) in [7, 11) is 0. The fourth-order valence-corrected chi connectivity index (χ4v) is 2.28. The summed E-state index contributed by atoms with van der Waals surface area (Å²) in [6.45, 7) is 5.03. The first-order valence-electron chi connectivity index (χ1n) is 6.31. The smallest absolute Gasteiger partial charge is 0.123 e. The molecule has 17 heavy (non-hydrogen) atoms. The number of hydrogen-bond donors (Lipinski definition) is 1. The standard InChI is InChI=1S/C14H20FNO/c1-11-6-8-16(9-7-11)10-14(17)12-2-4-13(15)5-3-12/h2-5,11,14,17H,6-10H2,1H3/t14-/m0/s1. The van der Waals surface area contributed by atoms with E-state index in [0.29, 0.717) is 6.54 Å². The van der Waals surface area contributed by atoms with Crippen LogP contribution in [0, 0.1) is 11.7 Å². The molecule has 1 atom stereocenters. The molecule has 2 nitrogen and oxygen atoms in total. The topological polar surface area (TPSA) is 23.5 Å². The number of benzene rings is 1. The molecule has 1 saturated heterocycles. The third-order valence-electron chi connectivity index (χ3n) is 3.56. The van der Waals surface area contributed by atoms with Gasteiger partial charge in [0.25, 0.3) is 0 Å². The van der Waals surface area contributed by atoms with Crippen LogP contribution in [0.4, 0.5) is 4.39 Å². The van der Waals surface area contributed by atoms with E-state index >= 15 is 0 Å². The van der Waals surface area contributed by atoms with Gasteiger partial charge >= 0.3 is 0 Å². The Morgan fingerprint density at radius 1 is 1.29 bits per heavy atom. The summed E-state index contributed by atoms with van der Waals surface area (Å²) >= 11 is 0. The molecule has 1 aromatic rings. The van der Waals surface area contributed by atoms with E-state index < -0.39 is 6.10 Å². The van der Waals surface area contributed by atoms with Crippen LogP contribution < -0.4 is 0 Å². The van der Waals surface area contributed by atoms with E-state index in [2.05, 4.69) is 11.8 Å². The Labute approximate surface area is 102 Å². The van der Waals surface area contributed by atoms with Crippen molar-refractivity contribution in [2.75, 3.05) is 19.6 Å². The molecular formula is C14H20FNO. The average Bonchev–Trinajstić information content (AvgIpc) is 2.33. The second kappa shape index (κ2) is 5.61. The number of rotatable bonds is 3. The van der Waals surface area contributed by atoms with E-state index in [1.165, 1.54) is 25.0 Å². The predicted molar refractivity (Wildman–Crippen MR) is 66.2 cm³/mol.